The van der Waals surface area contributed by atoms with E-state index in [-0.39, 0.29) is 17.1 Å². The number of methoxy groups -OCH3 is 1. The Balaban J connectivity index is 2.40. The minimum Gasteiger partial charge on any atom is -0.469 e. The average Bonchev–Trinajstić information content (AvgIpc) is 2.40. The number of amides is 1. The van der Waals surface area contributed by atoms with Gasteiger partial charge in [-0.05, 0) is 30.7 Å². The van der Waals surface area contributed by atoms with Gasteiger partial charge in [0.05, 0.1) is 19.3 Å². The maximum absolute atomic E-state index is 11.8. The first-order valence-electron chi connectivity index (χ1n) is 6.16. The topological polar surface area (TPSA) is 55.4 Å². The van der Waals surface area contributed by atoms with Crippen molar-refractivity contribution in [1.29, 1.82) is 0 Å². The number of benzene rings is 1. The summed E-state index contributed by atoms with van der Waals surface area (Å²) < 4.78 is 5.60. The molecule has 1 unspecified atom stereocenters. The molecular weight excluding hydrogens is 342 g/mol. The van der Waals surface area contributed by atoms with Gasteiger partial charge in [-0.15, -0.1) is 11.8 Å². The van der Waals surface area contributed by atoms with Gasteiger partial charge >= 0.3 is 5.97 Å². The predicted molar refractivity (Wildman–Crippen MR) is 86.1 cm³/mol. The number of hydrogen-bond donors (Lipinski definition) is 1. The summed E-state index contributed by atoms with van der Waals surface area (Å²) in [5, 5.41) is 2.89. The molecule has 1 N–H and O–H groups in total. The summed E-state index contributed by atoms with van der Waals surface area (Å²) >= 11 is 4.85. The summed E-state index contributed by atoms with van der Waals surface area (Å²) in [6.45, 7) is 3.87. The van der Waals surface area contributed by atoms with Crippen LogP contribution in [0.25, 0.3) is 0 Å². The van der Waals surface area contributed by atoms with Crippen LogP contribution in [0, 0.1) is 6.92 Å². The van der Waals surface area contributed by atoms with Crippen molar-refractivity contribution in [1.82, 2.24) is 0 Å². The van der Waals surface area contributed by atoms with Crippen molar-refractivity contribution in [3.63, 3.8) is 0 Å². The first kappa shape index (κ1) is 17.0. The molecule has 1 rings (SSSR count). The highest BCUT2D eigenvalue weighted by atomic mass is 79.9. The highest BCUT2D eigenvalue weighted by Crippen LogP contribution is 2.20. The van der Waals surface area contributed by atoms with Crippen molar-refractivity contribution >= 4 is 45.3 Å². The molecule has 0 aliphatic carbocycles. The van der Waals surface area contributed by atoms with E-state index < -0.39 is 0 Å². The van der Waals surface area contributed by atoms with Crippen molar-refractivity contribution < 1.29 is 14.3 Å². The van der Waals surface area contributed by atoms with Crippen LogP contribution in [0.15, 0.2) is 22.7 Å². The molecule has 4 nitrogen and oxygen atoms in total. The predicted octanol–water partition coefficient (Wildman–Crippen LogP) is 3.38. The third kappa shape index (κ3) is 5.96. The molecular formula is C14H18BrNO3S. The maximum Gasteiger partial charge on any atom is 0.306 e. The Morgan fingerprint density at radius 2 is 2.15 bits per heavy atom. The number of carbonyl (C=O) groups excluding carboxylic acids is 2. The normalized spacial score (nSPS) is 11.8. The van der Waals surface area contributed by atoms with Crippen LogP contribution >= 0.6 is 27.7 Å². The van der Waals surface area contributed by atoms with Gasteiger partial charge in [0.2, 0.25) is 5.91 Å². The Morgan fingerprint density at radius 3 is 2.75 bits per heavy atom. The monoisotopic (exact) mass is 359 g/mol. The van der Waals surface area contributed by atoms with Crippen LogP contribution in [0.1, 0.15) is 18.9 Å². The lowest BCUT2D eigenvalue weighted by Crippen LogP contribution is -2.17. The maximum atomic E-state index is 11.8. The molecule has 1 amide bonds. The van der Waals surface area contributed by atoms with Gasteiger partial charge in [-0.2, -0.15) is 0 Å². The molecule has 6 heteroatoms. The molecule has 110 valence electrons. The fraction of sp³-hybridized carbons (Fsp3) is 0.429. The number of esters is 1. The smallest absolute Gasteiger partial charge is 0.306 e. The molecule has 0 bridgehead atoms. The molecule has 20 heavy (non-hydrogen) atoms. The van der Waals surface area contributed by atoms with Crippen LogP contribution in [0.2, 0.25) is 0 Å². The molecule has 1 aromatic carbocycles. The fourth-order valence-electron chi connectivity index (χ4n) is 1.51. The molecule has 0 aromatic heterocycles. The number of hydrogen-bond acceptors (Lipinski definition) is 4. The zero-order chi connectivity index (χ0) is 15.1. The quantitative estimate of drug-likeness (QED) is 0.791. The third-order valence-electron chi connectivity index (χ3n) is 2.62. The summed E-state index contributed by atoms with van der Waals surface area (Å²) in [4.78, 5) is 22.9. The summed E-state index contributed by atoms with van der Waals surface area (Å²) in [5.41, 5.74) is 1.84. The zero-order valence-electron chi connectivity index (χ0n) is 11.7. The lowest BCUT2D eigenvalue weighted by atomic mass is 10.2. The Labute approximate surface area is 131 Å². The molecule has 0 spiro atoms. The number of thioether (sulfide) groups is 1. The number of rotatable bonds is 6. The van der Waals surface area contributed by atoms with Crippen LogP contribution in [0.5, 0.6) is 0 Å². The van der Waals surface area contributed by atoms with Gasteiger partial charge in [-0.25, -0.2) is 0 Å². The van der Waals surface area contributed by atoms with E-state index in [0.717, 1.165) is 15.7 Å². The van der Waals surface area contributed by atoms with Gasteiger partial charge in [-0.3, -0.25) is 9.59 Å². The van der Waals surface area contributed by atoms with Gasteiger partial charge in [-0.1, -0.05) is 22.9 Å². The Morgan fingerprint density at radius 1 is 1.45 bits per heavy atom. The molecule has 0 saturated heterocycles. The summed E-state index contributed by atoms with van der Waals surface area (Å²) in [6, 6.07) is 5.65. The van der Waals surface area contributed by atoms with Gasteiger partial charge in [0.15, 0.2) is 0 Å². The van der Waals surface area contributed by atoms with E-state index >= 15 is 0 Å². The molecule has 0 fully saturated rings. The van der Waals surface area contributed by atoms with Crippen LogP contribution in [0.3, 0.4) is 0 Å². The van der Waals surface area contributed by atoms with Crippen molar-refractivity contribution in [3.05, 3.63) is 28.2 Å². The van der Waals surface area contributed by atoms with E-state index in [2.05, 4.69) is 26.0 Å². The number of halogens is 1. The summed E-state index contributed by atoms with van der Waals surface area (Å²) in [6.07, 6.45) is 0.311. The molecule has 1 aromatic rings. The third-order valence-corrected chi connectivity index (χ3v) is 4.68. The standard InChI is InChI=1S/C14H18BrNO3S/c1-9-6-11(4-5-12(9)15)16-13(17)8-20-10(2)7-14(18)19-3/h4-6,10H,7-8H2,1-3H3,(H,16,17). The van der Waals surface area contributed by atoms with Crippen molar-refractivity contribution in [2.75, 3.05) is 18.2 Å². The van der Waals surface area contributed by atoms with Gasteiger partial charge < -0.3 is 10.1 Å². The van der Waals surface area contributed by atoms with Crippen LogP contribution in [0.4, 0.5) is 5.69 Å². The van der Waals surface area contributed by atoms with Crippen LogP contribution < -0.4 is 5.32 Å². The lowest BCUT2D eigenvalue weighted by molar-refractivity contribution is -0.140. The molecule has 0 radical (unpaired) electrons. The largest absolute Gasteiger partial charge is 0.469 e. The highest BCUT2D eigenvalue weighted by molar-refractivity contribution is 9.10. The lowest BCUT2D eigenvalue weighted by Gasteiger charge is -2.10. The van der Waals surface area contributed by atoms with Gasteiger partial charge in [0, 0.05) is 15.4 Å². The van der Waals surface area contributed by atoms with Gasteiger partial charge in [0.25, 0.3) is 0 Å². The van der Waals surface area contributed by atoms with Gasteiger partial charge in [0.1, 0.15) is 0 Å². The highest BCUT2D eigenvalue weighted by Gasteiger charge is 2.12. The zero-order valence-corrected chi connectivity index (χ0v) is 14.1. The molecule has 0 aliphatic rings. The Kier molecular flexibility index (Phi) is 7.09. The second-order valence-electron chi connectivity index (χ2n) is 4.41. The number of ether oxygens (including phenoxy) is 1. The average molecular weight is 360 g/mol. The van der Waals surface area contributed by atoms with Crippen LogP contribution in [-0.4, -0.2) is 30.0 Å². The second kappa shape index (κ2) is 8.32. The summed E-state index contributed by atoms with van der Waals surface area (Å²) in [7, 11) is 1.36. The molecule has 0 saturated carbocycles. The van der Waals surface area contributed by atoms with Crippen LogP contribution in [-0.2, 0) is 14.3 Å². The van der Waals surface area contributed by atoms with E-state index in [4.69, 9.17) is 0 Å². The number of nitrogens with one attached hydrogen (secondary N) is 1. The second-order valence-corrected chi connectivity index (χ2v) is 6.70. The first-order chi connectivity index (χ1) is 9.42. The molecule has 1 atom stereocenters. The number of carbonyl (C=O) groups is 2. The minimum atomic E-state index is -0.256. The van der Waals surface area contributed by atoms with Crippen molar-refractivity contribution in [2.24, 2.45) is 0 Å². The van der Waals surface area contributed by atoms with E-state index in [0.29, 0.717) is 12.2 Å². The number of aryl methyl sites for hydroxylation is 1. The van der Waals surface area contributed by atoms with Crippen molar-refractivity contribution in [3.8, 4) is 0 Å². The first-order valence-corrected chi connectivity index (χ1v) is 8.01. The summed E-state index contributed by atoms with van der Waals surface area (Å²) in [5.74, 6) is -0.0184. The Hall–Kier alpha value is -1.01. The Bertz CT molecular complexity index is 493. The minimum absolute atomic E-state index is 0.0554. The van der Waals surface area contributed by atoms with E-state index in [1.807, 2.05) is 32.0 Å². The van der Waals surface area contributed by atoms with E-state index in [1.165, 1.54) is 18.9 Å². The fourth-order valence-corrected chi connectivity index (χ4v) is 2.52. The molecule has 0 heterocycles. The number of anilines is 1. The van der Waals surface area contributed by atoms with E-state index in [9.17, 15) is 9.59 Å². The van der Waals surface area contributed by atoms with Crippen molar-refractivity contribution in [2.45, 2.75) is 25.5 Å². The van der Waals surface area contributed by atoms with E-state index in [1.54, 1.807) is 0 Å². The molecule has 0 aliphatic heterocycles. The SMILES string of the molecule is COC(=O)CC(C)SCC(=O)Nc1ccc(Br)c(C)c1.